The SMILES string of the molecule is c1ccc(-c2cccc(-c3cc(-c4cccc(-n5c6ccccc6c6ccc(-c7ccc8oc9ccccc9c8c7)cc65)c4)nc(-n4c5ccccc5c5ccc(-c6ccc7oc8ccccc8c7c6)cc54)n3)c2-c2ccccc2)cc1. The van der Waals surface area contributed by atoms with Gasteiger partial charge in [0.15, 0.2) is 0 Å². The van der Waals surface area contributed by atoms with Crippen molar-refractivity contribution in [1.82, 2.24) is 19.1 Å². The predicted molar refractivity (Wildman–Crippen MR) is 338 cm³/mol. The van der Waals surface area contributed by atoms with E-state index in [2.05, 4.69) is 264 Å². The highest BCUT2D eigenvalue weighted by Crippen LogP contribution is 2.44. The van der Waals surface area contributed by atoms with Gasteiger partial charge in [-0.05, 0) is 123 Å². The number of furan rings is 2. The van der Waals surface area contributed by atoms with E-state index in [1.807, 2.05) is 24.3 Å². The van der Waals surface area contributed by atoms with Crippen LogP contribution in [-0.2, 0) is 0 Å². The Labute approximate surface area is 470 Å². The van der Waals surface area contributed by atoms with Gasteiger partial charge in [0.2, 0.25) is 5.95 Å². The minimum Gasteiger partial charge on any atom is -0.456 e. The van der Waals surface area contributed by atoms with Gasteiger partial charge in [0.05, 0.1) is 33.5 Å². The molecule has 5 aromatic heterocycles. The molecule has 82 heavy (non-hydrogen) atoms. The molecule has 0 saturated carbocycles. The predicted octanol–water partition coefficient (Wildman–Crippen LogP) is 20.5. The van der Waals surface area contributed by atoms with Gasteiger partial charge in [-0.3, -0.25) is 4.57 Å². The summed E-state index contributed by atoms with van der Waals surface area (Å²) in [6.07, 6.45) is 0. The summed E-state index contributed by atoms with van der Waals surface area (Å²) in [6, 6.07) is 99.5. The summed E-state index contributed by atoms with van der Waals surface area (Å²) in [5, 5.41) is 9.02. The van der Waals surface area contributed by atoms with Crippen molar-refractivity contribution in [2.45, 2.75) is 0 Å². The number of aromatic nitrogens is 4. The van der Waals surface area contributed by atoms with Gasteiger partial charge >= 0.3 is 0 Å². The Morgan fingerprint density at radius 2 is 0.695 bits per heavy atom. The van der Waals surface area contributed by atoms with Crippen LogP contribution in [0.1, 0.15) is 0 Å². The first-order chi connectivity index (χ1) is 40.6. The fourth-order valence-corrected chi connectivity index (χ4v) is 12.8. The van der Waals surface area contributed by atoms with E-state index in [0.717, 1.165) is 149 Å². The van der Waals surface area contributed by atoms with E-state index in [0.29, 0.717) is 5.95 Å². The quantitative estimate of drug-likeness (QED) is 0.152. The molecular formula is C76H46N4O2. The van der Waals surface area contributed by atoms with E-state index in [1.54, 1.807) is 0 Å². The van der Waals surface area contributed by atoms with Gasteiger partial charge < -0.3 is 13.4 Å². The Morgan fingerprint density at radius 3 is 1.33 bits per heavy atom. The van der Waals surface area contributed by atoms with E-state index in [-0.39, 0.29) is 0 Å². The molecule has 17 rings (SSSR count). The summed E-state index contributed by atoms with van der Waals surface area (Å²) in [5.41, 5.74) is 21.3. The Morgan fingerprint density at radius 1 is 0.244 bits per heavy atom. The molecule has 0 amide bonds. The van der Waals surface area contributed by atoms with Crippen LogP contribution >= 0.6 is 0 Å². The molecule has 0 spiro atoms. The average Bonchev–Trinajstić information content (AvgIpc) is 3.71. The first-order valence-corrected chi connectivity index (χ1v) is 27.8. The molecule has 5 heterocycles. The van der Waals surface area contributed by atoms with Crippen LogP contribution in [0.25, 0.3) is 166 Å². The third-order valence-electron chi connectivity index (χ3n) is 16.6. The summed E-state index contributed by atoms with van der Waals surface area (Å²) >= 11 is 0. The standard InChI is InChI=1S/C76H46N4O2/c1-3-17-47(18-4-1)55-27-16-28-62(75(55)48-19-5-2-6-20-48)66-46-65(77-76(78-66)80-68-30-12-8-24-57(68)59-38-34-52(45-70(59)80)50-36-40-74-64(43-50)61-26-10-14-32-72(61)82-74)53-21-15-22-54(41-53)79-67-29-11-7-23-56(67)58-37-33-51(44-69(58)79)49-35-39-73-63(42-49)60-25-9-13-31-71(60)81-73/h1-46H. The number of fused-ring (bicyclic) bond motifs is 12. The topological polar surface area (TPSA) is 61.9 Å². The van der Waals surface area contributed by atoms with Crippen molar-refractivity contribution in [2.75, 3.05) is 0 Å². The molecular weight excluding hydrogens is 1000 g/mol. The molecule has 382 valence electrons. The fourth-order valence-electron chi connectivity index (χ4n) is 12.8. The molecule has 6 nitrogen and oxygen atoms in total. The highest BCUT2D eigenvalue weighted by Gasteiger charge is 2.23. The van der Waals surface area contributed by atoms with Crippen LogP contribution in [-0.4, -0.2) is 19.1 Å². The minimum absolute atomic E-state index is 0.575. The molecule has 0 bridgehead atoms. The molecule has 0 saturated heterocycles. The van der Waals surface area contributed by atoms with Crippen LogP contribution in [0.4, 0.5) is 0 Å². The zero-order chi connectivity index (χ0) is 53.8. The summed E-state index contributed by atoms with van der Waals surface area (Å²) in [5.74, 6) is 0.575. The van der Waals surface area contributed by atoms with Gasteiger partial charge in [0.1, 0.15) is 22.3 Å². The Bertz CT molecular complexity index is 5410. The summed E-state index contributed by atoms with van der Waals surface area (Å²) < 4.78 is 17.2. The number of rotatable bonds is 8. The van der Waals surface area contributed by atoms with Crippen LogP contribution in [0, 0.1) is 0 Å². The van der Waals surface area contributed by atoms with E-state index >= 15 is 0 Å². The van der Waals surface area contributed by atoms with E-state index < -0.39 is 0 Å². The average molecular weight is 1050 g/mol. The molecule has 0 atom stereocenters. The van der Waals surface area contributed by atoms with Crippen molar-refractivity contribution in [3.8, 4) is 78.7 Å². The van der Waals surface area contributed by atoms with Gasteiger partial charge in [-0.15, -0.1) is 0 Å². The molecule has 0 unspecified atom stereocenters. The van der Waals surface area contributed by atoms with E-state index in [9.17, 15) is 0 Å². The molecule has 0 aliphatic carbocycles. The monoisotopic (exact) mass is 1050 g/mol. The largest absolute Gasteiger partial charge is 0.456 e. The Kier molecular flexibility index (Phi) is 10.2. The molecule has 0 aliphatic rings. The van der Waals surface area contributed by atoms with Crippen molar-refractivity contribution < 1.29 is 8.83 Å². The van der Waals surface area contributed by atoms with Crippen molar-refractivity contribution in [3.63, 3.8) is 0 Å². The Balaban J connectivity index is 0.890. The zero-order valence-corrected chi connectivity index (χ0v) is 44.2. The Hall–Kier alpha value is -11.1. The lowest BCUT2D eigenvalue weighted by atomic mass is 9.89. The van der Waals surface area contributed by atoms with Crippen molar-refractivity contribution >= 4 is 87.5 Å². The van der Waals surface area contributed by atoms with Gasteiger partial charge in [-0.25, -0.2) is 9.97 Å². The van der Waals surface area contributed by atoms with Crippen LogP contribution in [0.3, 0.4) is 0 Å². The highest BCUT2D eigenvalue weighted by atomic mass is 16.3. The molecule has 12 aromatic carbocycles. The summed E-state index contributed by atoms with van der Waals surface area (Å²) in [4.78, 5) is 11.4. The second kappa shape index (κ2) is 18.2. The van der Waals surface area contributed by atoms with Crippen LogP contribution < -0.4 is 0 Å². The van der Waals surface area contributed by atoms with Gasteiger partial charge in [-0.1, -0.05) is 200 Å². The normalized spacial score (nSPS) is 11.9. The lowest BCUT2D eigenvalue weighted by molar-refractivity contribution is 0.668. The third kappa shape index (κ3) is 7.28. The van der Waals surface area contributed by atoms with E-state index in [4.69, 9.17) is 18.8 Å². The fraction of sp³-hybridized carbons (Fsp3) is 0. The minimum atomic E-state index is 0.575. The second-order valence-electron chi connectivity index (χ2n) is 21.2. The number of hydrogen-bond acceptors (Lipinski definition) is 4. The number of nitrogens with zero attached hydrogens (tertiary/aromatic N) is 4. The van der Waals surface area contributed by atoms with Gasteiger partial charge in [-0.2, -0.15) is 0 Å². The molecule has 0 fully saturated rings. The molecule has 6 heteroatoms. The van der Waals surface area contributed by atoms with Gasteiger partial charge in [0.25, 0.3) is 0 Å². The maximum Gasteiger partial charge on any atom is 0.235 e. The third-order valence-corrected chi connectivity index (χ3v) is 16.6. The molecule has 0 N–H and O–H groups in total. The molecule has 0 radical (unpaired) electrons. The van der Waals surface area contributed by atoms with Crippen LogP contribution in [0.15, 0.2) is 288 Å². The zero-order valence-electron chi connectivity index (χ0n) is 44.2. The number of hydrogen-bond donors (Lipinski definition) is 0. The second-order valence-corrected chi connectivity index (χ2v) is 21.2. The van der Waals surface area contributed by atoms with Crippen LogP contribution in [0.5, 0.6) is 0 Å². The lowest BCUT2D eigenvalue weighted by Gasteiger charge is -2.18. The van der Waals surface area contributed by atoms with Gasteiger partial charge in [0, 0.05) is 59.9 Å². The van der Waals surface area contributed by atoms with Crippen molar-refractivity contribution in [1.29, 1.82) is 0 Å². The first-order valence-electron chi connectivity index (χ1n) is 27.8. The van der Waals surface area contributed by atoms with Crippen molar-refractivity contribution in [3.05, 3.63) is 279 Å². The number of para-hydroxylation sites is 4. The smallest absolute Gasteiger partial charge is 0.235 e. The number of benzene rings is 12. The maximum atomic E-state index is 6.28. The molecule has 0 aliphatic heterocycles. The van der Waals surface area contributed by atoms with Crippen LogP contribution in [0.2, 0.25) is 0 Å². The highest BCUT2D eigenvalue weighted by molar-refractivity contribution is 6.13. The summed E-state index contributed by atoms with van der Waals surface area (Å²) in [6.45, 7) is 0. The molecule has 17 aromatic rings. The summed E-state index contributed by atoms with van der Waals surface area (Å²) in [7, 11) is 0. The van der Waals surface area contributed by atoms with Crippen molar-refractivity contribution in [2.24, 2.45) is 0 Å². The van der Waals surface area contributed by atoms with E-state index in [1.165, 1.54) is 10.8 Å². The first kappa shape index (κ1) is 45.9. The lowest BCUT2D eigenvalue weighted by Crippen LogP contribution is -2.05. The maximum absolute atomic E-state index is 6.28.